The van der Waals surface area contributed by atoms with Crippen LogP contribution in [-0.2, 0) is 4.79 Å². The zero-order valence-electron chi connectivity index (χ0n) is 8.91. The summed E-state index contributed by atoms with van der Waals surface area (Å²) >= 11 is 0. The van der Waals surface area contributed by atoms with Crippen molar-refractivity contribution in [1.82, 2.24) is 0 Å². The fourth-order valence-electron chi connectivity index (χ4n) is 2.02. The monoisotopic (exact) mass is 203 g/mol. The summed E-state index contributed by atoms with van der Waals surface area (Å²) in [5, 5.41) is 0. The third-order valence-corrected chi connectivity index (χ3v) is 2.75. The molecule has 0 aromatic heterocycles. The summed E-state index contributed by atoms with van der Waals surface area (Å²) in [6, 6.07) is 5.57. The minimum atomic E-state index is -0.00181. The molecule has 0 saturated carbocycles. The van der Waals surface area contributed by atoms with Crippen LogP contribution in [0.25, 0.3) is 0 Å². The lowest BCUT2D eigenvalue weighted by atomic mass is 9.97. The van der Waals surface area contributed by atoms with Crippen molar-refractivity contribution in [3.05, 3.63) is 29.3 Å². The van der Waals surface area contributed by atoms with Gasteiger partial charge in [-0.3, -0.25) is 9.59 Å². The number of benzene rings is 1. The van der Waals surface area contributed by atoms with Gasteiger partial charge in [-0.1, -0.05) is 12.1 Å². The second-order valence-corrected chi connectivity index (χ2v) is 3.81. The van der Waals surface area contributed by atoms with Crippen LogP contribution < -0.4 is 4.90 Å². The minimum absolute atomic E-state index is 0.00181. The second-order valence-electron chi connectivity index (χ2n) is 3.81. The maximum atomic E-state index is 11.7. The van der Waals surface area contributed by atoms with E-state index in [4.69, 9.17) is 0 Å². The van der Waals surface area contributed by atoms with Gasteiger partial charge < -0.3 is 4.90 Å². The van der Waals surface area contributed by atoms with E-state index in [1.807, 2.05) is 19.1 Å². The Morgan fingerprint density at radius 2 is 2.13 bits per heavy atom. The van der Waals surface area contributed by atoms with E-state index in [2.05, 4.69) is 0 Å². The first-order valence-corrected chi connectivity index (χ1v) is 5.02. The number of aryl methyl sites for hydroxylation is 1. The van der Waals surface area contributed by atoms with E-state index in [1.165, 1.54) is 6.92 Å². The molecule has 1 aromatic rings. The van der Waals surface area contributed by atoms with Crippen molar-refractivity contribution in [3.63, 3.8) is 0 Å². The number of anilines is 1. The van der Waals surface area contributed by atoms with E-state index in [0.717, 1.165) is 11.3 Å². The molecule has 0 radical (unpaired) electrons. The molecule has 2 rings (SSSR count). The summed E-state index contributed by atoms with van der Waals surface area (Å²) in [7, 11) is 0. The Hall–Kier alpha value is -1.64. The third-order valence-electron chi connectivity index (χ3n) is 2.75. The molecule has 0 saturated heterocycles. The van der Waals surface area contributed by atoms with Crippen molar-refractivity contribution in [2.45, 2.75) is 20.3 Å². The molecule has 78 valence electrons. The number of rotatable bonds is 0. The molecular formula is C12H13NO2. The Labute approximate surface area is 88.7 Å². The molecule has 3 nitrogen and oxygen atoms in total. The number of carbonyl (C=O) groups excluding carboxylic acids is 2. The third kappa shape index (κ3) is 1.54. The van der Waals surface area contributed by atoms with Crippen molar-refractivity contribution >= 4 is 17.4 Å². The summed E-state index contributed by atoms with van der Waals surface area (Å²) in [5.74, 6) is 0.129. The molecule has 1 amide bonds. The van der Waals surface area contributed by atoms with E-state index < -0.39 is 0 Å². The average molecular weight is 203 g/mol. The number of Topliss-reactive ketones (excluding diaryl/α,β-unsaturated/α-hetero) is 1. The summed E-state index contributed by atoms with van der Waals surface area (Å²) in [4.78, 5) is 24.8. The Bertz CT molecular complexity index is 437. The standard InChI is InChI=1S/C12H13NO2/c1-8-4-3-5-10-11(15)6-7-13(9(2)14)12(8)10/h3-5H,6-7H2,1-2H3. The number of para-hydroxylation sites is 1. The van der Waals surface area contributed by atoms with E-state index >= 15 is 0 Å². The minimum Gasteiger partial charge on any atom is -0.311 e. The topological polar surface area (TPSA) is 37.4 Å². The highest BCUT2D eigenvalue weighted by atomic mass is 16.2. The van der Waals surface area contributed by atoms with Crippen LogP contribution >= 0.6 is 0 Å². The van der Waals surface area contributed by atoms with Gasteiger partial charge in [0.05, 0.1) is 5.69 Å². The SMILES string of the molecule is CC(=O)N1CCC(=O)c2cccc(C)c21. The number of hydrogen-bond donors (Lipinski definition) is 0. The van der Waals surface area contributed by atoms with Gasteiger partial charge in [0.25, 0.3) is 0 Å². The molecule has 0 aliphatic carbocycles. The maximum absolute atomic E-state index is 11.7. The quantitative estimate of drug-likeness (QED) is 0.646. The first-order chi connectivity index (χ1) is 7.11. The summed E-state index contributed by atoms with van der Waals surface area (Å²) in [6.07, 6.45) is 0.427. The van der Waals surface area contributed by atoms with Crippen LogP contribution in [0.1, 0.15) is 29.3 Å². The molecule has 0 fully saturated rings. The smallest absolute Gasteiger partial charge is 0.223 e. The van der Waals surface area contributed by atoms with Gasteiger partial charge in [0.1, 0.15) is 0 Å². The highest BCUT2D eigenvalue weighted by molar-refractivity contribution is 6.09. The number of carbonyl (C=O) groups is 2. The van der Waals surface area contributed by atoms with Crippen LogP contribution in [0.15, 0.2) is 18.2 Å². The van der Waals surface area contributed by atoms with E-state index in [0.29, 0.717) is 18.5 Å². The van der Waals surface area contributed by atoms with Crippen molar-refractivity contribution in [3.8, 4) is 0 Å². The molecule has 15 heavy (non-hydrogen) atoms. The second kappa shape index (κ2) is 3.50. The summed E-state index contributed by atoms with van der Waals surface area (Å²) in [6.45, 7) is 3.96. The van der Waals surface area contributed by atoms with Crippen molar-refractivity contribution in [2.24, 2.45) is 0 Å². The van der Waals surface area contributed by atoms with Crippen LogP contribution in [0.4, 0.5) is 5.69 Å². The predicted molar refractivity (Wildman–Crippen MR) is 58.2 cm³/mol. The number of ketones is 1. The largest absolute Gasteiger partial charge is 0.311 e. The van der Waals surface area contributed by atoms with Gasteiger partial charge in [-0.2, -0.15) is 0 Å². The number of hydrogen-bond acceptors (Lipinski definition) is 2. The molecule has 0 bridgehead atoms. The Morgan fingerprint density at radius 3 is 2.80 bits per heavy atom. The van der Waals surface area contributed by atoms with Crippen LogP contribution in [0.5, 0.6) is 0 Å². The highest BCUT2D eigenvalue weighted by Gasteiger charge is 2.26. The summed E-state index contributed by atoms with van der Waals surface area (Å²) < 4.78 is 0. The van der Waals surface area contributed by atoms with Gasteiger partial charge in [0.15, 0.2) is 5.78 Å². The normalized spacial score (nSPS) is 15.1. The molecule has 0 unspecified atom stereocenters. The van der Waals surface area contributed by atoms with Gasteiger partial charge >= 0.3 is 0 Å². The molecular weight excluding hydrogens is 190 g/mol. The van der Waals surface area contributed by atoms with Gasteiger partial charge in [0.2, 0.25) is 5.91 Å². The molecule has 0 spiro atoms. The summed E-state index contributed by atoms with van der Waals surface area (Å²) in [5.41, 5.74) is 2.45. The fourth-order valence-corrected chi connectivity index (χ4v) is 2.02. The van der Waals surface area contributed by atoms with E-state index in [9.17, 15) is 9.59 Å². The first-order valence-electron chi connectivity index (χ1n) is 5.02. The van der Waals surface area contributed by atoms with Crippen LogP contribution in [0.3, 0.4) is 0 Å². The van der Waals surface area contributed by atoms with Crippen molar-refractivity contribution < 1.29 is 9.59 Å². The Balaban J connectivity index is 2.61. The molecule has 0 atom stereocenters. The lowest BCUT2D eigenvalue weighted by molar-refractivity contribution is -0.116. The predicted octanol–water partition coefficient (Wildman–Crippen LogP) is 1.93. The van der Waals surface area contributed by atoms with Crippen LogP contribution in [-0.4, -0.2) is 18.2 Å². The number of amides is 1. The zero-order valence-corrected chi connectivity index (χ0v) is 8.91. The fraction of sp³-hybridized carbons (Fsp3) is 0.333. The van der Waals surface area contributed by atoms with Crippen molar-refractivity contribution in [2.75, 3.05) is 11.4 Å². The molecule has 0 N–H and O–H groups in total. The molecule has 3 heteroatoms. The Morgan fingerprint density at radius 1 is 1.40 bits per heavy atom. The number of nitrogens with zero attached hydrogens (tertiary/aromatic N) is 1. The average Bonchev–Trinajstić information content (AvgIpc) is 2.19. The van der Waals surface area contributed by atoms with Gasteiger partial charge in [0, 0.05) is 25.5 Å². The Kier molecular flexibility index (Phi) is 2.31. The number of fused-ring (bicyclic) bond motifs is 1. The highest BCUT2D eigenvalue weighted by Crippen LogP contribution is 2.30. The zero-order chi connectivity index (χ0) is 11.0. The van der Waals surface area contributed by atoms with Gasteiger partial charge in [-0.25, -0.2) is 0 Å². The molecule has 1 aliphatic heterocycles. The molecule has 1 aromatic carbocycles. The lowest BCUT2D eigenvalue weighted by Gasteiger charge is -2.29. The van der Waals surface area contributed by atoms with Crippen molar-refractivity contribution in [1.29, 1.82) is 0 Å². The van der Waals surface area contributed by atoms with Crippen LogP contribution in [0, 0.1) is 6.92 Å². The van der Waals surface area contributed by atoms with Crippen LogP contribution in [0.2, 0.25) is 0 Å². The van der Waals surface area contributed by atoms with Gasteiger partial charge in [-0.15, -0.1) is 0 Å². The lowest BCUT2D eigenvalue weighted by Crippen LogP contribution is -2.36. The molecule has 1 aliphatic rings. The maximum Gasteiger partial charge on any atom is 0.223 e. The van der Waals surface area contributed by atoms with E-state index in [-0.39, 0.29) is 11.7 Å². The van der Waals surface area contributed by atoms with E-state index in [1.54, 1.807) is 11.0 Å². The molecule has 1 heterocycles. The first kappa shape index (κ1) is 9.90. The van der Waals surface area contributed by atoms with Gasteiger partial charge in [-0.05, 0) is 18.6 Å².